The van der Waals surface area contributed by atoms with Crippen LogP contribution in [0.25, 0.3) is 0 Å². The minimum absolute atomic E-state index is 0.170. The molecule has 0 spiro atoms. The average Bonchev–Trinajstić information content (AvgIpc) is 3.17. The molecule has 0 fully saturated rings. The number of methoxy groups -OCH3 is 2. The Bertz CT molecular complexity index is 1040. The fraction of sp³-hybridized carbons (Fsp3) is 0.250. The first-order valence-corrected chi connectivity index (χ1v) is 8.92. The number of halogens is 1. The lowest BCUT2D eigenvalue weighted by Crippen LogP contribution is -2.24. The molecule has 2 aromatic carbocycles. The van der Waals surface area contributed by atoms with Gasteiger partial charge < -0.3 is 19.5 Å². The van der Waals surface area contributed by atoms with E-state index in [0.717, 1.165) is 5.56 Å². The van der Waals surface area contributed by atoms with E-state index in [-0.39, 0.29) is 24.2 Å². The Labute approximate surface area is 166 Å². The standard InChI is InChI=1S/C20H19FN4O4/c1-27-16-8-7-14(9-17(16)28-2)22-20(26)19-15-11-29-18(10-25(15)24-23-19)12-3-5-13(21)6-4-12/h3-9,18H,10-11H2,1-2H3,(H,22,26). The van der Waals surface area contributed by atoms with Crippen molar-refractivity contribution in [1.29, 1.82) is 0 Å². The smallest absolute Gasteiger partial charge is 0.278 e. The Kier molecular flexibility index (Phi) is 5.13. The lowest BCUT2D eigenvalue weighted by Gasteiger charge is -2.24. The first-order valence-electron chi connectivity index (χ1n) is 8.92. The monoisotopic (exact) mass is 398 g/mol. The lowest BCUT2D eigenvalue weighted by atomic mass is 10.1. The van der Waals surface area contributed by atoms with E-state index < -0.39 is 5.91 Å². The molecule has 1 aromatic heterocycles. The topological polar surface area (TPSA) is 87.5 Å². The van der Waals surface area contributed by atoms with E-state index in [1.54, 1.807) is 42.1 Å². The average molecular weight is 398 g/mol. The first-order chi connectivity index (χ1) is 14.1. The summed E-state index contributed by atoms with van der Waals surface area (Å²) in [5.74, 6) is 0.356. The molecule has 1 N–H and O–H groups in total. The van der Waals surface area contributed by atoms with Gasteiger partial charge in [-0.25, -0.2) is 9.07 Å². The molecule has 29 heavy (non-hydrogen) atoms. The number of benzene rings is 2. The highest BCUT2D eigenvalue weighted by Crippen LogP contribution is 2.31. The van der Waals surface area contributed by atoms with Crippen LogP contribution in [0.5, 0.6) is 11.5 Å². The number of carbonyl (C=O) groups is 1. The van der Waals surface area contributed by atoms with Crippen LogP contribution < -0.4 is 14.8 Å². The van der Waals surface area contributed by atoms with Crippen molar-refractivity contribution >= 4 is 11.6 Å². The Morgan fingerprint density at radius 1 is 1.17 bits per heavy atom. The molecule has 0 saturated carbocycles. The lowest BCUT2D eigenvalue weighted by molar-refractivity contribution is -0.00174. The largest absolute Gasteiger partial charge is 0.493 e. The number of fused-ring (bicyclic) bond motifs is 1. The predicted molar refractivity (Wildman–Crippen MR) is 101 cm³/mol. The molecule has 4 rings (SSSR count). The maximum absolute atomic E-state index is 13.1. The van der Waals surface area contributed by atoms with Gasteiger partial charge in [0.15, 0.2) is 17.2 Å². The summed E-state index contributed by atoms with van der Waals surface area (Å²) in [6.45, 7) is 0.557. The summed E-state index contributed by atoms with van der Waals surface area (Å²) in [6.07, 6.45) is -0.286. The second-order valence-corrected chi connectivity index (χ2v) is 6.44. The fourth-order valence-corrected chi connectivity index (χ4v) is 3.17. The van der Waals surface area contributed by atoms with Gasteiger partial charge >= 0.3 is 0 Å². The quantitative estimate of drug-likeness (QED) is 0.711. The van der Waals surface area contributed by atoms with Gasteiger partial charge in [0.2, 0.25) is 0 Å². The molecular formula is C20H19FN4O4. The summed E-state index contributed by atoms with van der Waals surface area (Å²) in [6, 6.07) is 11.2. The fourth-order valence-electron chi connectivity index (χ4n) is 3.17. The summed E-state index contributed by atoms with van der Waals surface area (Å²) in [7, 11) is 3.06. The Hall–Kier alpha value is -3.46. The van der Waals surface area contributed by atoms with Crippen molar-refractivity contribution in [2.45, 2.75) is 19.3 Å². The van der Waals surface area contributed by atoms with E-state index in [4.69, 9.17) is 14.2 Å². The van der Waals surface area contributed by atoms with Crippen LogP contribution in [-0.2, 0) is 17.9 Å². The van der Waals surface area contributed by atoms with Gasteiger partial charge in [-0.2, -0.15) is 0 Å². The van der Waals surface area contributed by atoms with Gasteiger partial charge in [0.05, 0.1) is 33.1 Å². The number of hydrogen-bond acceptors (Lipinski definition) is 6. The number of anilines is 1. The van der Waals surface area contributed by atoms with Gasteiger partial charge in [0, 0.05) is 11.8 Å². The zero-order chi connectivity index (χ0) is 20.4. The number of ether oxygens (including phenoxy) is 3. The van der Waals surface area contributed by atoms with Crippen molar-refractivity contribution < 1.29 is 23.4 Å². The minimum Gasteiger partial charge on any atom is -0.493 e. The van der Waals surface area contributed by atoms with E-state index in [1.807, 2.05) is 0 Å². The van der Waals surface area contributed by atoms with Crippen molar-refractivity contribution in [2.75, 3.05) is 19.5 Å². The zero-order valence-electron chi connectivity index (χ0n) is 15.9. The molecule has 9 heteroatoms. The van der Waals surface area contributed by atoms with Crippen molar-refractivity contribution in [2.24, 2.45) is 0 Å². The van der Waals surface area contributed by atoms with Crippen LogP contribution in [0.3, 0.4) is 0 Å². The van der Waals surface area contributed by atoms with Crippen LogP contribution >= 0.6 is 0 Å². The molecule has 2 heterocycles. The van der Waals surface area contributed by atoms with Gasteiger partial charge in [-0.3, -0.25) is 4.79 Å². The maximum atomic E-state index is 13.1. The van der Waals surface area contributed by atoms with Crippen molar-refractivity contribution in [1.82, 2.24) is 15.0 Å². The molecule has 0 bridgehead atoms. The molecule has 1 unspecified atom stereocenters. The second-order valence-electron chi connectivity index (χ2n) is 6.44. The zero-order valence-corrected chi connectivity index (χ0v) is 15.9. The van der Waals surface area contributed by atoms with Crippen LogP contribution in [0.4, 0.5) is 10.1 Å². The van der Waals surface area contributed by atoms with Crippen LogP contribution in [0, 0.1) is 5.82 Å². The molecule has 8 nitrogen and oxygen atoms in total. The molecular weight excluding hydrogens is 379 g/mol. The molecule has 0 saturated heterocycles. The van der Waals surface area contributed by atoms with Crippen LogP contribution in [0.15, 0.2) is 42.5 Å². The van der Waals surface area contributed by atoms with Gasteiger partial charge in [-0.1, -0.05) is 17.3 Å². The molecule has 1 amide bonds. The number of hydrogen-bond donors (Lipinski definition) is 1. The number of rotatable bonds is 5. The van der Waals surface area contributed by atoms with Crippen molar-refractivity contribution in [3.8, 4) is 11.5 Å². The predicted octanol–water partition coefficient (Wildman–Crippen LogP) is 2.96. The summed E-state index contributed by atoms with van der Waals surface area (Å²) in [5.41, 5.74) is 2.15. The number of amides is 1. The maximum Gasteiger partial charge on any atom is 0.278 e. The third-order valence-electron chi connectivity index (χ3n) is 4.70. The van der Waals surface area contributed by atoms with E-state index in [2.05, 4.69) is 15.6 Å². The van der Waals surface area contributed by atoms with Gasteiger partial charge in [0.1, 0.15) is 11.9 Å². The van der Waals surface area contributed by atoms with Crippen LogP contribution in [0.2, 0.25) is 0 Å². The summed E-state index contributed by atoms with van der Waals surface area (Å²) >= 11 is 0. The minimum atomic E-state index is -0.401. The Morgan fingerprint density at radius 2 is 1.93 bits per heavy atom. The number of carbonyl (C=O) groups excluding carboxylic acids is 1. The summed E-state index contributed by atoms with van der Waals surface area (Å²) in [4.78, 5) is 12.7. The Morgan fingerprint density at radius 3 is 2.66 bits per heavy atom. The first kappa shape index (κ1) is 18.9. The van der Waals surface area contributed by atoms with Gasteiger partial charge in [-0.15, -0.1) is 5.10 Å². The van der Waals surface area contributed by atoms with Crippen molar-refractivity contribution in [3.05, 3.63) is 65.2 Å². The molecule has 150 valence electrons. The molecule has 0 aliphatic carbocycles. The molecule has 1 aliphatic heterocycles. The van der Waals surface area contributed by atoms with Crippen LogP contribution in [-0.4, -0.2) is 35.1 Å². The number of aromatic nitrogens is 3. The Balaban J connectivity index is 1.50. The molecule has 3 aromatic rings. The molecule has 1 atom stereocenters. The van der Waals surface area contributed by atoms with Crippen molar-refractivity contribution in [3.63, 3.8) is 0 Å². The highest BCUT2D eigenvalue weighted by atomic mass is 19.1. The molecule has 1 aliphatic rings. The van der Waals surface area contributed by atoms with E-state index in [0.29, 0.717) is 29.4 Å². The number of nitrogens with zero attached hydrogens (tertiary/aromatic N) is 3. The summed E-state index contributed by atoms with van der Waals surface area (Å²) in [5, 5.41) is 10.9. The second kappa shape index (κ2) is 7.88. The van der Waals surface area contributed by atoms with E-state index in [9.17, 15) is 9.18 Å². The van der Waals surface area contributed by atoms with E-state index in [1.165, 1.54) is 19.2 Å². The number of nitrogens with one attached hydrogen (secondary N) is 1. The molecule has 0 radical (unpaired) electrons. The van der Waals surface area contributed by atoms with Gasteiger partial charge in [-0.05, 0) is 29.8 Å². The van der Waals surface area contributed by atoms with Gasteiger partial charge in [0.25, 0.3) is 5.91 Å². The van der Waals surface area contributed by atoms with Crippen LogP contribution in [0.1, 0.15) is 27.8 Å². The highest BCUT2D eigenvalue weighted by Gasteiger charge is 2.28. The third-order valence-corrected chi connectivity index (χ3v) is 4.70. The highest BCUT2D eigenvalue weighted by molar-refractivity contribution is 6.03. The SMILES string of the molecule is COc1ccc(NC(=O)c2nnn3c2COC(c2ccc(F)cc2)C3)cc1OC. The third kappa shape index (κ3) is 3.77. The van der Waals surface area contributed by atoms with E-state index >= 15 is 0 Å². The normalized spacial score (nSPS) is 15.5. The summed E-state index contributed by atoms with van der Waals surface area (Å²) < 4.78 is 31.1.